The van der Waals surface area contributed by atoms with Gasteiger partial charge in [-0.15, -0.1) is 0 Å². The maximum absolute atomic E-state index is 13.5. The van der Waals surface area contributed by atoms with Crippen molar-refractivity contribution >= 4 is 95.7 Å². The second-order valence-corrected chi connectivity index (χ2v) is 21.5. The first-order valence-electron chi connectivity index (χ1n) is 28.2. The van der Waals surface area contributed by atoms with E-state index in [1.807, 2.05) is 91.9 Å². The predicted molar refractivity (Wildman–Crippen MR) is 347 cm³/mol. The van der Waals surface area contributed by atoms with E-state index in [1.54, 1.807) is 73.7 Å². The number of rotatable bonds is 12. The largest absolute Gasteiger partial charge is 0.362 e. The molecule has 23 heteroatoms. The summed E-state index contributed by atoms with van der Waals surface area (Å²) >= 11 is 12.7. The van der Waals surface area contributed by atoms with Crippen molar-refractivity contribution in [1.82, 2.24) is 79.2 Å². The third-order valence-electron chi connectivity index (χ3n) is 14.7. The standard InChI is InChI=1S/C22H17ClN6O.C22H18ClN5O2.C22H19N7/c1-13(28-21-19-20(25-11-24-19)26-12-27-21)17-10-14-6-5-9-16(23)18(14)22(30)29(17)15-7-3-2-4-8-15;1-13-19(25-12-11-24-13)21(29)26-14(2)20-27-17-10-6-9-16(23)18(17)22(30)28(20)15-7-4-3-5-8-15;1-13-6-7-15-10-16(19(29-18(15)9-13)17-5-3-4-8-23-17)14(2)28-22-20-21(25-11-24-20)26-12-27-22/h2-13H,1H3,(H2,24,25,26,27,28);3-12,14H,1-2H3,(H,26,29);3-12,14H,1-2H3,(H2,24,25,26,27,28)/t13-;2*14-/m000/s1. The molecule has 5 aromatic carbocycles. The molecule has 0 bridgehead atoms. The highest BCUT2D eigenvalue weighted by Crippen LogP contribution is 2.33. The number of halogens is 2. The average Bonchev–Trinajstić information content (AvgIpc) is 1.47. The number of H-pyrrole nitrogens is 2. The molecule has 0 fully saturated rings. The van der Waals surface area contributed by atoms with Crippen LogP contribution in [-0.2, 0) is 0 Å². The van der Waals surface area contributed by atoms with Crippen molar-refractivity contribution in [3.63, 3.8) is 0 Å². The Balaban J connectivity index is 0.000000130. The molecule has 0 unspecified atom stereocenters. The Morgan fingerprint density at radius 1 is 0.528 bits per heavy atom. The molecule has 9 heterocycles. The Morgan fingerprint density at radius 3 is 1.81 bits per heavy atom. The number of aryl methyl sites for hydroxylation is 2. The highest BCUT2D eigenvalue weighted by molar-refractivity contribution is 6.35. The second kappa shape index (κ2) is 25.4. The van der Waals surface area contributed by atoms with E-state index in [2.05, 4.69) is 114 Å². The van der Waals surface area contributed by atoms with Crippen molar-refractivity contribution in [1.29, 1.82) is 0 Å². The lowest BCUT2D eigenvalue weighted by Crippen LogP contribution is -2.34. The fourth-order valence-electron chi connectivity index (χ4n) is 10.4. The van der Waals surface area contributed by atoms with E-state index in [4.69, 9.17) is 28.2 Å². The van der Waals surface area contributed by atoms with Gasteiger partial charge >= 0.3 is 0 Å². The molecule has 440 valence electrons. The van der Waals surface area contributed by atoms with Crippen LogP contribution in [0.2, 0.25) is 10.0 Å². The third-order valence-corrected chi connectivity index (χ3v) is 15.4. The van der Waals surface area contributed by atoms with Gasteiger partial charge in [-0.25, -0.2) is 44.9 Å². The average molecular weight is 1220 g/mol. The first-order chi connectivity index (χ1) is 43.3. The van der Waals surface area contributed by atoms with Gasteiger partial charge in [0.25, 0.3) is 17.0 Å². The molecule has 21 nitrogen and oxygen atoms in total. The number of amides is 1. The predicted octanol–water partition coefficient (Wildman–Crippen LogP) is 12.6. The number of nitrogens with one attached hydrogen (secondary N) is 5. The molecule has 0 radical (unpaired) electrons. The van der Waals surface area contributed by atoms with Crippen molar-refractivity contribution in [2.24, 2.45) is 0 Å². The SMILES string of the molecule is C[C@H](Nc1ncnc2nc[nH]c12)c1cc2cccc(Cl)c2c(=O)n1-c1ccccc1.Cc1ccc2cc([C@H](C)Nc3ncnc4nc[nH]c34)c(-c3ccccn3)nc2c1.Cc1nccnc1C(=O)N[C@@H](C)c1nc2cccc(Cl)c2c(=O)n1-c1ccccc1. The maximum Gasteiger partial charge on any atom is 0.272 e. The molecular weight excluding hydrogens is 1160 g/mol. The monoisotopic (exact) mass is 1220 g/mol. The van der Waals surface area contributed by atoms with E-state index in [9.17, 15) is 14.4 Å². The van der Waals surface area contributed by atoms with Crippen molar-refractivity contribution < 1.29 is 4.79 Å². The number of para-hydroxylation sites is 2. The molecule has 14 aromatic rings. The van der Waals surface area contributed by atoms with Gasteiger partial charge in [0.1, 0.15) is 35.2 Å². The number of hydrogen-bond donors (Lipinski definition) is 5. The minimum atomic E-state index is -0.588. The quantitative estimate of drug-likeness (QED) is 0.0761. The number of carbonyl (C=O) groups excluding carboxylic acids is 1. The van der Waals surface area contributed by atoms with Crippen molar-refractivity contribution in [3.05, 3.63) is 254 Å². The lowest BCUT2D eigenvalue weighted by Gasteiger charge is -2.21. The molecule has 0 aliphatic rings. The molecule has 1 amide bonds. The van der Waals surface area contributed by atoms with Crippen LogP contribution in [0, 0.1) is 13.8 Å². The summed E-state index contributed by atoms with van der Waals surface area (Å²) in [6.45, 7) is 9.62. The topological polar surface area (TPSA) is 271 Å². The van der Waals surface area contributed by atoms with E-state index in [0.29, 0.717) is 72.0 Å². The molecular formula is C66H54Cl2N18O3. The normalized spacial score (nSPS) is 12.2. The molecule has 89 heavy (non-hydrogen) atoms. The van der Waals surface area contributed by atoms with Crippen LogP contribution in [0.25, 0.3) is 77.7 Å². The van der Waals surface area contributed by atoms with Crippen LogP contribution < -0.4 is 27.1 Å². The molecule has 14 rings (SSSR count). The zero-order chi connectivity index (χ0) is 61.7. The van der Waals surface area contributed by atoms with Gasteiger partial charge in [0.05, 0.1) is 85.4 Å². The first-order valence-corrected chi connectivity index (χ1v) is 28.9. The van der Waals surface area contributed by atoms with E-state index >= 15 is 0 Å². The Kier molecular flexibility index (Phi) is 16.6. The fraction of sp³-hybridized carbons (Fsp3) is 0.121. The summed E-state index contributed by atoms with van der Waals surface area (Å²) in [5.41, 5.74) is 10.5. The number of fused-ring (bicyclic) bond motifs is 5. The molecule has 5 N–H and O–H groups in total. The van der Waals surface area contributed by atoms with Gasteiger partial charge in [-0.05, 0) is 118 Å². The molecule has 9 aromatic heterocycles. The van der Waals surface area contributed by atoms with Crippen LogP contribution in [-0.4, -0.2) is 79.8 Å². The van der Waals surface area contributed by atoms with E-state index in [-0.39, 0.29) is 28.9 Å². The summed E-state index contributed by atoms with van der Waals surface area (Å²) in [6, 6.07) is 44.7. The molecule has 0 spiro atoms. The minimum absolute atomic E-state index is 0.0633. The van der Waals surface area contributed by atoms with Gasteiger partial charge in [-0.3, -0.25) is 33.5 Å². The van der Waals surface area contributed by atoms with Crippen molar-refractivity contribution in [2.45, 2.75) is 52.7 Å². The molecule has 0 aliphatic heterocycles. The van der Waals surface area contributed by atoms with Crippen LogP contribution in [0.1, 0.15) is 77.7 Å². The van der Waals surface area contributed by atoms with Gasteiger partial charge in [-0.2, -0.15) is 0 Å². The lowest BCUT2D eigenvalue weighted by molar-refractivity contribution is 0.0931. The summed E-state index contributed by atoms with van der Waals surface area (Å²) in [6.07, 6.45) is 10.9. The van der Waals surface area contributed by atoms with Gasteiger partial charge in [-0.1, -0.05) is 96.0 Å². The highest BCUT2D eigenvalue weighted by atomic mass is 35.5. The van der Waals surface area contributed by atoms with Gasteiger partial charge in [0, 0.05) is 40.9 Å². The minimum Gasteiger partial charge on any atom is -0.362 e. The van der Waals surface area contributed by atoms with E-state index in [1.165, 1.54) is 35.2 Å². The number of aromatic nitrogens is 15. The van der Waals surface area contributed by atoms with Crippen LogP contribution in [0.3, 0.4) is 0 Å². The van der Waals surface area contributed by atoms with E-state index in [0.717, 1.165) is 50.1 Å². The molecule has 0 aliphatic carbocycles. The number of anilines is 2. The van der Waals surface area contributed by atoms with Crippen LogP contribution in [0.15, 0.2) is 199 Å². The van der Waals surface area contributed by atoms with Crippen LogP contribution in [0.4, 0.5) is 11.6 Å². The van der Waals surface area contributed by atoms with Gasteiger partial charge < -0.3 is 25.9 Å². The Hall–Kier alpha value is -11.2. The Morgan fingerprint density at radius 2 is 1.15 bits per heavy atom. The molecule has 0 saturated heterocycles. The van der Waals surface area contributed by atoms with Crippen molar-refractivity contribution in [2.75, 3.05) is 10.6 Å². The van der Waals surface area contributed by atoms with Crippen molar-refractivity contribution in [3.8, 4) is 22.8 Å². The first kappa shape index (κ1) is 58.2. The summed E-state index contributed by atoms with van der Waals surface area (Å²) in [4.78, 5) is 93.6. The molecule has 0 saturated carbocycles. The maximum atomic E-state index is 13.5. The van der Waals surface area contributed by atoms with Crippen LogP contribution in [0.5, 0.6) is 0 Å². The zero-order valence-electron chi connectivity index (χ0n) is 48.4. The summed E-state index contributed by atoms with van der Waals surface area (Å²) in [5.74, 6) is 1.31. The Labute approximate surface area is 517 Å². The smallest absolute Gasteiger partial charge is 0.272 e. The number of aromatic amines is 2. The second-order valence-electron chi connectivity index (χ2n) is 20.7. The third kappa shape index (κ3) is 12.1. The Bertz CT molecular complexity index is 5050. The molecule has 3 atom stereocenters. The summed E-state index contributed by atoms with van der Waals surface area (Å²) in [5, 5.41) is 13.2. The number of pyridine rings is 3. The number of carbonyl (C=O) groups is 1. The lowest BCUT2D eigenvalue weighted by atomic mass is 10.0. The van der Waals surface area contributed by atoms with Crippen LogP contribution >= 0.6 is 23.2 Å². The summed E-state index contributed by atoms with van der Waals surface area (Å²) < 4.78 is 3.17. The number of hydrogen-bond acceptors (Lipinski definition) is 16. The fourth-order valence-corrected chi connectivity index (χ4v) is 10.9. The number of benzene rings is 5. The van der Waals surface area contributed by atoms with E-state index < -0.39 is 11.9 Å². The van der Waals surface area contributed by atoms with Gasteiger partial charge in [0.2, 0.25) is 0 Å². The highest BCUT2D eigenvalue weighted by Gasteiger charge is 2.24. The number of nitrogens with zero attached hydrogens (tertiary/aromatic N) is 13. The summed E-state index contributed by atoms with van der Waals surface area (Å²) in [7, 11) is 0. The number of imidazole rings is 2. The van der Waals surface area contributed by atoms with Gasteiger partial charge in [0.15, 0.2) is 22.9 Å². The zero-order valence-corrected chi connectivity index (χ0v) is 49.9.